The Balaban J connectivity index is 2.06. The largest absolute Gasteiger partial charge is 0.508 e. The molecule has 4 nitrogen and oxygen atoms in total. The number of phenolic OH excluding ortho intramolecular Hbond substituents is 1. The number of carbonyl (C=O) groups excluding carboxylic acids is 2. The lowest BCUT2D eigenvalue weighted by atomic mass is 10.1. The molecule has 0 spiro atoms. The summed E-state index contributed by atoms with van der Waals surface area (Å²) in [4.78, 5) is 22.8. The first-order valence-corrected chi connectivity index (χ1v) is 6.34. The lowest BCUT2D eigenvalue weighted by Crippen LogP contribution is -2.01. The van der Waals surface area contributed by atoms with Crippen LogP contribution in [0, 0.1) is 0 Å². The van der Waals surface area contributed by atoms with Gasteiger partial charge in [-0.15, -0.1) is 0 Å². The van der Waals surface area contributed by atoms with Gasteiger partial charge in [-0.3, -0.25) is 9.59 Å². The van der Waals surface area contributed by atoms with Crippen molar-refractivity contribution in [2.75, 3.05) is 0 Å². The third kappa shape index (κ3) is 4.31. The summed E-state index contributed by atoms with van der Waals surface area (Å²) in [5.41, 5.74) is 1.32. The van der Waals surface area contributed by atoms with Crippen LogP contribution in [-0.4, -0.2) is 16.9 Å². The average Bonchev–Trinajstić information content (AvgIpc) is 2.46. The van der Waals surface area contributed by atoms with Crippen LogP contribution in [0.2, 0.25) is 0 Å². The molecule has 0 unspecified atom stereocenters. The predicted molar refractivity (Wildman–Crippen MR) is 79.2 cm³/mol. The summed E-state index contributed by atoms with van der Waals surface area (Å²) < 4.78 is 4.90. The summed E-state index contributed by atoms with van der Waals surface area (Å²) in [7, 11) is 0. The van der Waals surface area contributed by atoms with Crippen molar-refractivity contribution in [1.82, 2.24) is 0 Å². The number of aromatic hydroxyl groups is 1. The van der Waals surface area contributed by atoms with Gasteiger partial charge in [0.2, 0.25) is 0 Å². The fourth-order valence-electron chi connectivity index (χ4n) is 1.71. The molecule has 21 heavy (non-hydrogen) atoms. The number of ether oxygens (including phenoxy) is 1. The van der Waals surface area contributed by atoms with E-state index < -0.39 is 5.97 Å². The van der Waals surface area contributed by atoms with Crippen molar-refractivity contribution in [2.24, 2.45) is 0 Å². The minimum atomic E-state index is -0.402. The van der Waals surface area contributed by atoms with E-state index in [1.807, 2.05) is 0 Å². The highest BCUT2D eigenvalue weighted by atomic mass is 16.5. The number of carbonyl (C=O) groups is 2. The number of esters is 1. The van der Waals surface area contributed by atoms with Gasteiger partial charge in [0.25, 0.3) is 0 Å². The summed E-state index contributed by atoms with van der Waals surface area (Å²) in [5, 5.41) is 9.17. The second-order valence-electron chi connectivity index (χ2n) is 4.41. The van der Waals surface area contributed by atoms with Crippen molar-refractivity contribution in [3.05, 3.63) is 65.7 Å². The molecule has 0 fully saturated rings. The number of ketones is 1. The van der Waals surface area contributed by atoms with E-state index in [1.54, 1.807) is 54.6 Å². The summed E-state index contributed by atoms with van der Waals surface area (Å²) in [5.74, 6) is 0.0276. The molecule has 0 aromatic heterocycles. The second-order valence-corrected chi connectivity index (χ2v) is 4.41. The zero-order chi connectivity index (χ0) is 15.2. The molecule has 0 saturated carbocycles. The Morgan fingerprint density at radius 1 is 1.00 bits per heavy atom. The Morgan fingerprint density at radius 2 is 1.62 bits per heavy atom. The first kappa shape index (κ1) is 14.5. The summed E-state index contributed by atoms with van der Waals surface area (Å²) in [6, 6.07) is 12.9. The van der Waals surface area contributed by atoms with E-state index in [0.717, 1.165) is 5.56 Å². The van der Waals surface area contributed by atoms with Gasteiger partial charge in [0.15, 0.2) is 5.78 Å². The van der Waals surface area contributed by atoms with Crippen molar-refractivity contribution in [3.8, 4) is 11.5 Å². The molecule has 0 radical (unpaired) electrons. The molecular weight excluding hydrogens is 268 g/mol. The summed E-state index contributed by atoms with van der Waals surface area (Å²) >= 11 is 0. The Hall–Kier alpha value is -2.88. The zero-order valence-corrected chi connectivity index (χ0v) is 11.4. The number of phenols is 1. The fraction of sp³-hybridized carbons (Fsp3) is 0.0588. The maximum absolute atomic E-state index is 12.0. The smallest absolute Gasteiger partial charge is 0.308 e. The van der Waals surface area contributed by atoms with Gasteiger partial charge in [-0.2, -0.15) is 0 Å². The number of rotatable bonds is 4. The molecule has 0 aliphatic carbocycles. The van der Waals surface area contributed by atoms with Crippen LogP contribution >= 0.6 is 0 Å². The first-order valence-electron chi connectivity index (χ1n) is 6.34. The van der Waals surface area contributed by atoms with Gasteiger partial charge in [0, 0.05) is 12.5 Å². The van der Waals surface area contributed by atoms with E-state index in [1.165, 1.54) is 13.0 Å². The average molecular weight is 282 g/mol. The van der Waals surface area contributed by atoms with E-state index in [0.29, 0.717) is 11.3 Å². The number of benzene rings is 2. The van der Waals surface area contributed by atoms with E-state index in [9.17, 15) is 14.7 Å². The molecule has 1 N–H and O–H groups in total. The molecule has 0 aliphatic heterocycles. The van der Waals surface area contributed by atoms with Crippen LogP contribution in [0.1, 0.15) is 22.8 Å². The highest BCUT2D eigenvalue weighted by Gasteiger charge is 2.03. The fourth-order valence-corrected chi connectivity index (χ4v) is 1.71. The van der Waals surface area contributed by atoms with Crippen LogP contribution in [0.4, 0.5) is 0 Å². The number of allylic oxidation sites excluding steroid dienone is 1. The van der Waals surface area contributed by atoms with E-state index in [4.69, 9.17) is 4.74 Å². The topological polar surface area (TPSA) is 63.6 Å². The Bertz CT molecular complexity index is 667. The lowest BCUT2D eigenvalue weighted by molar-refractivity contribution is -0.131. The predicted octanol–water partition coefficient (Wildman–Crippen LogP) is 3.21. The summed E-state index contributed by atoms with van der Waals surface area (Å²) in [6.07, 6.45) is 3.12. The molecule has 0 aliphatic rings. The standard InChI is InChI=1S/C17H14O4/c1-12(18)21-16-9-5-14(6-10-16)17(20)11-4-13-2-7-15(19)8-3-13/h2-11,19H,1H3. The Kier molecular flexibility index (Phi) is 4.51. The minimum absolute atomic E-state index is 0.155. The molecule has 0 amide bonds. The van der Waals surface area contributed by atoms with Crippen molar-refractivity contribution in [3.63, 3.8) is 0 Å². The maximum atomic E-state index is 12.0. The van der Waals surface area contributed by atoms with Crippen LogP contribution in [0.5, 0.6) is 11.5 Å². The maximum Gasteiger partial charge on any atom is 0.308 e. The molecule has 4 heteroatoms. The van der Waals surface area contributed by atoms with Gasteiger partial charge in [0.1, 0.15) is 11.5 Å². The third-order valence-corrected chi connectivity index (χ3v) is 2.72. The normalized spacial score (nSPS) is 10.5. The molecule has 2 aromatic rings. The molecule has 106 valence electrons. The van der Waals surface area contributed by atoms with Crippen molar-refractivity contribution >= 4 is 17.8 Å². The number of hydrogen-bond donors (Lipinski definition) is 1. The van der Waals surface area contributed by atoms with Gasteiger partial charge >= 0.3 is 5.97 Å². The second kappa shape index (κ2) is 6.52. The SMILES string of the molecule is CC(=O)Oc1ccc(C(=O)C=Cc2ccc(O)cc2)cc1. The highest BCUT2D eigenvalue weighted by molar-refractivity contribution is 6.06. The van der Waals surface area contributed by atoms with Gasteiger partial charge < -0.3 is 9.84 Å². The van der Waals surface area contributed by atoms with Gasteiger partial charge in [0.05, 0.1) is 0 Å². The molecular formula is C17H14O4. The van der Waals surface area contributed by atoms with Crippen LogP contribution < -0.4 is 4.74 Å². The monoisotopic (exact) mass is 282 g/mol. The quantitative estimate of drug-likeness (QED) is 0.405. The third-order valence-electron chi connectivity index (χ3n) is 2.72. The molecule has 0 atom stereocenters. The molecule has 0 saturated heterocycles. The van der Waals surface area contributed by atoms with E-state index >= 15 is 0 Å². The Morgan fingerprint density at radius 3 is 2.19 bits per heavy atom. The van der Waals surface area contributed by atoms with E-state index in [2.05, 4.69) is 0 Å². The number of hydrogen-bond acceptors (Lipinski definition) is 4. The van der Waals surface area contributed by atoms with Crippen molar-refractivity contribution in [1.29, 1.82) is 0 Å². The molecule has 2 aromatic carbocycles. The van der Waals surface area contributed by atoms with E-state index in [-0.39, 0.29) is 11.5 Å². The van der Waals surface area contributed by atoms with Gasteiger partial charge in [-0.05, 0) is 48.0 Å². The molecule has 0 bridgehead atoms. The lowest BCUT2D eigenvalue weighted by Gasteiger charge is -2.01. The van der Waals surface area contributed by atoms with Crippen LogP contribution in [0.25, 0.3) is 6.08 Å². The molecule has 2 rings (SSSR count). The van der Waals surface area contributed by atoms with Crippen molar-refractivity contribution in [2.45, 2.75) is 6.92 Å². The zero-order valence-electron chi connectivity index (χ0n) is 11.4. The highest BCUT2D eigenvalue weighted by Crippen LogP contribution is 2.14. The van der Waals surface area contributed by atoms with Crippen molar-refractivity contribution < 1.29 is 19.4 Å². The Labute approximate surface area is 122 Å². The van der Waals surface area contributed by atoms with Gasteiger partial charge in [-0.1, -0.05) is 18.2 Å². The van der Waals surface area contributed by atoms with Crippen LogP contribution in [0.3, 0.4) is 0 Å². The first-order chi connectivity index (χ1) is 10.0. The minimum Gasteiger partial charge on any atom is -0.508 e. The van der Waals surface area contributed by atoms with Crippen LogP contribution in [-0.2, 0) is 4.79 Å². The molecule has 0 heterocycles. The van der Waals surface area contributed by atoms with Gasteiger partial charge in [-0.25, -0.2) is 0 Å². The van der Waals surface area contributed by atoms with Crippen LogP contribution in [0.15, 0.2) is 54.6 Å². The summed E-state index contributed by atoms with van der Waals surface area (Å²) in [6.45, 7) is 1.32.